The number of furan rings is 1. The number of rotatable bonds is 2. The van der Waals surface area contributed by atoms with E-state index < -0.39 is 46.5 Å². The van der Waals surface area contributed by atoms with Gasteiger partial charge in [0, 0.05) is 16.3 Å². The van der Waals surface area contributed by atoms with Crippen LogP contribution in [0.1, 0.15) is 16.7 Å². The number of hydrogen-bond acceptors (Lipinski definition) is 3. The van der Waals surface area contributed by atoms with Crippen LogP contribution in [0.4, 0.5) is 39.5 Å². The smallest absolute Gasteiger partial charge is 0.417 e. The molecule has 0 saturated heterocycles. The van der Waals surface area contributed by atoms with Crippen molar-refractivity contribution in [3.63, 3.8) is 0 Å². The molecular formula is C25H11F9N2O. The summed E-state index contributed by atoms with van der Waals surface area (Å²) >= 11 is 0. The van der Waals surface area contributed by atoms with Crippen LogP contribution in [-0.4, -0.2) is 10.2 Å². The predicted octanol–water partition coefficient (Wildman–Crippen LogP) is 8.77. The summed E-state index contributed by atoms with van der Waals surface area (Å²) in [5.74, 6) is 0.221. The molecule has 2 heterocycles. The van der Waals surface area contributed by atoms with E-state index in [0.29, 0.717) is 10.8 Å². The summed E-state index contributed by atoms with van der Waals surface area (Å²) in [5.41, 5.74) is -8.90. The molecule has 0 radical (unpaired) electrons. The van der Waals surface area contributed by atoms with Gasteiger partial charge >= 0.3 is 18.5 Å². The van der Waals surface area contributed by atoms with Gasteiger partial charge in [-0.2, -0.15) is 39.5 Å². The van der Waals surface area contributed by atoms with Gasteiger partial charge in [0.15, 0.2) is 5.76 Å². The highest BCUT2D eigenvalue weighted by molar-refractivity contribution is 6.08. The lowest BCUT2D eigenvalue weighted by molar-refractivity contribution is -0.174. The van der Waals surface area contributed by atoms with Gasteiger partial charge in [-0.3, -0.25) is 0 Å². The van der Waals surface area contributed by atoms with E-state index in [9.17, 15) is 39.5 Å². The molecule has 5 rings (SSSR count). The summed E-state index contributed by atoms with van der Waals surface area (Å²) in [5, 5.41) is 9.38. The SMILES string of the molecule is FC(F)(F)c1cc(-c2nnc(-c3ccco3)c3cc4ccccc4cc23)cc(C(F)(F)F)c1C(F)(F)F. The zero-order valence-corrected chi connectivity index (χ0v) is 18.1. The Hall–Kier alpha value is -4.09. The van der Waals surface area contributed by atoms with E-state index >= 15 is 0 Å². The van der Waals surface area contributed by atoms with Crippen molar-refractivity contribution in [2.75, 3.05) is 0 Å². The standard InChI is InChI=1S/C25H11F9N2O/c26-23(27,28)17-10-14(11-18(24(29,30)31)20(17)25(32,33)34)21-15-8-12-4-1-2-5-13(12)9-16(15)22(36-35-21)19-6-3-7-37-19/h1-11H. The average Bonchev–Trinajstić information content (AvgIpc) is 3.34. The largest absolute Gasteiger partial charge is 0.463 e. The van der Waals surface area contributed by atoms with Gasteiger partial charge in [-0.15, -0.1) is 10.2 Å². The van der Waals surface area contributed by atoms with Crippen molar-refractivity contribution in [1.82, 2.24) is 10.2 Å². The molecular weight excluding hydrogens is 515 g/mol. The third kappa shape index (κ3) is 4.36. The Bertz CT molecular complexity index is 1600. The number of hydrogen-bond donors (Lipinski definition) is 0. The molecule has 3 aromatic carbocycles. The Kier molecular flexibility index (Phi) is 5.46. The maximum atomic E-state index is 13.7. The number of alkyl halides is 9. The predicted molar refractivity (Wildman–Crippen MR) is 115 cm³/mol. The number of fused-ring (bicyclic) bond motifs is 2. The van der Waals surface area contributed by atoms with Gasteiger partial charge in [0.05, 0.1) is 23.0 Å². The van der Waals surface area contributed by atoms with Gasteiger partial charge in [-0.25, -0.2) is 0 Å². The van der Waals surface area contributed by atoms with Crippen LogP contribution in [-0.2, 0) is 18.5 Å². The van der Waals surface area contributed by atoms with Crippen molar-refractivity contribution < 1.29 is 43.9 Å². The van der Waals surface area contributed by atoms with E-state index in [4.69, 9.17) is 4.42 Å². The van der Waals surface area contributed by atoms with E-state index in [-0.39, 0.29) is 34.4 Å². The first-order chi connectivity index (χ1) is 17.2. The highest BCUT2D eigenvalue weighted by atomic mass is 19.4. The average molecular weight is 526 g/mol. The molecule has 0 spiro atoms. The van der Waals surface area contributed by atoms with Gasteiger partial charge < -0.3 is 4.42 Å². The number of nitrogens with zero attached hydrogens (tertiary/aromatic N) is 2. The fraction of sp³-hybridized carbons (Fsp3) is 0.120. The van der Waals surface area contributed by atoms with Crippen molar-refractivity contribution >= 4 is 21.5 Å². The summed E-state index contributed by atoms with van der Waals surface area (Å²) < 4.78 is 128. The van der Waals surface area contributed by atoms with E-state index in [2.05, 4.69) is 10.2 Å². The fourth-order valence-corrected chi connectivity index (χ4v) is 4.18. The second kappa shape index (κ2) is 8.22. The molecule has 0 saturated carbocycles. The molecule has 0 bridgehead atoms. The first kappa shape index (κ1) is 24.6. The fourth-order valence-electron chi connectivity index (χ4n) is 4.18. The molecule has 0 aliphatic rings. The molecule has 0 atom stereocenters. The van der Waals surface area contributed by atoms with Crippen LogP contribution in [0.2, 0.25) is 0 Å². The van der Waals surface area contributed by atoms with Crippen molar-refractivity contribution in [2.24, 2.45) is 0 Å². The van der Waals surface area contributed by atoms with E-state index in [0.717, 1.165) is 0 Å². The minimum absolute atomic E-state index is 0.0171. The van der Waals surface area contributed by atoms with Crippen LogP contribution in [0.5, 0.6) is 0 Å². The van der Waals surface area contributed by atoms with Gasteiger partial charge in [0.2, 0.25) is 0 Å². The molecule has 0 amide bonds. The quantitative estimate of drug-likeness (QED) is 0.171. The summed E-state index contributed by atoms with van der Waals surface area (Å²) in [6.07, 6.45) is -16.1. The van der Waals surface area contributed by atoms with Crippen LogP contribution in [0.3, 0.4) is 0 Å². The van der Waals surface area contributed by atoms with Crippen LogP contribution < -0.4 is 0 Å². The maximum absolute atomic E-state index is 13.7. The highest BCUT2D eigenvalue weighted by Crippen LogP contribution is 2.49. The molecule has 37 heavy (non-hydrogen) atoms. The summed E-state index contributed by atoms with van der Waals surface area (Å²) in [4.78, 5) is 0. The van der Waals surface area contributed by atoms with Crippen LogP contribution in [0.25, 0.3) is 44.3 Å². The summed E-state index contributed by atoms with van der Waals surface area (Å²) in [6, 6.07) is 12.9. The van der Waals surface area contributed by atoms with Crippen molar-refractivity contribution in [2.45, 2.75) is 18.5 Å². The molecule has 0 N–H and O–H groups in total. The van der Waals surface area contributed by atoms with E-state index in [1.165, 1.54) is 18.4 Å². The molecule has 190 valence electrons. The van der Waals surface area contributed by atoms with Gasteiger partial charge in [-0.1, -0.05) is 24.3 Å². The molecule has 0 aliphatic heterocycles. The molecule has 0 aliphatic carbocycles. The monoisotopic (exact) mass is 526 g/mol. The lowest BCUT2D eigenvalue weighted by atomic mass is 9.92. The Labute approximate surface area is 201 Å². The zero-order valence-electron chi connectivity index (χ0n) is 18.1. The van der Waals surface area contributed by atoms with Gasteiger partial charge in [0.1, 0.15) is 11.4 Å². The van der Waals surface area contributed by atoms with Crippen LogP contribution in [0.15, 0.2) is 71.3 Å². The second-order valence-corrected chi connectivity index (χ2v) is 8.06. The molecule has 12 heteroatoms. The Morgan fingerprint density at radius 2 is 1.08 bits per heavy atom. The zero-order chi connectivity index (χ0) is 26.8. The van der Waals surface area contributed by atoms with Crippen LogP contribution >= 0.6 is 0 Å². The first-order valence-electron chi connectivity index (χ1n) is 10.4. The van der Waals surface area contributed by atoms with E-state index in [1.54, 1.807) is 36.4 Å². The Morgan fingerprint density at radius 1 is 0.568 bits per heavy atom. The topological polar surface area (TPSA) is 38.9 Å². The minimum Gasteiger partial charge on any atom is -0.463 e. The summed E-state index contributed by atoms with van der Waals surface area (Å²) in [7, 11) is 0. The molecule has 2 aromatic heterocycles. The first-order valence-corrected chi connectivity index (χ1v) is 10.4. The van der Waals surface area contributed by atoms with Crippen molar-refractivity contribution in [3.05, 3.63) is 83.6 Å². The highest BCUT2D eigenvalue weighted by Gasteiger charge is 2.50. The number of halogens is 9. The Balaban J connectivity index is 1.91. The van der Waals surface area contributed by atoms with E-state index in [1.807, 2.05) is 0 Å². The molecule has 0 unspecified atom stereocenters. The second-order valence-electron chi connectivity index (χ2n) is 8.06. The summed E-state index contributed by atoms with van der Waals surface area (Å²) in [6.45, 7) is 0. The van der Waals surface area contributed by atoms with Crippen LogP contribution in [0, 0.1) is 0 Å². The lowest BCUT2D eigenvalue weighted by Crippen LogP contribution is -2.23. The molecule has 0 fully saturated rings. The third-order valence-corrected chi connectivity index (χ3v) is 5.71. The van der Waals surface area contributed by atoms with Gasteiger partial charge in [0.25, 0.3) is 0 Å². The maximum Gasteiger partial charge on any atom is 0.417 e. The normalized spacial score (nSPS) is 13.0. The van der Waals surface area contributed by atoms with Crippen molar-refractivity contribution in [3.8, 4) is 22.7 Å². The van der Waals surface area contributed by atoms with Gasteiger partial charge in [-0.05, 0) is 47.2 Å². The molecule has 3 nitrogen and oxygen atoms in total. The Morgan fingerprint density at radius 3 is 1.54 bits per heavy atom. The van der Waals surface area contributed by atoms with Crippen molar-refractivity contribution in [1.29, 1.82) is 0 Å². The third-order valence-electron chi connectivity index (χ3n) is 5.71. The number of benzene rings is 3. The minimum atomic E-state index is -5.93. The number of aromatic nitrogens is 2. The lowest BCUT2D eigenvalue weighted by Gasteiger charge is -2.22. The molecule has 5 aromatic rings.